The Morgan fingerprint density at radius 3 is 3.06 bits per heavy atom. The van der Waals surface area contributed by atoms with Crippen molar-refractivity contribution in [3.63, 3.8) is 0 Å². The lowest BCUT2D eigenvalue weighted by Crippen LogP contribution is -2.44. The quantitative estimate of drug-likeness (QED) is 0.811. The van der Waals surface area contributed by atoms with Crippen LogP contribution in [0.25, 0.3) is 0 Å². The third-order valence-corrected chi connectivity index (χ3v) is 2.74. The zero-order chi connectivity index (χ0) is 12.3. The molecule has 2 N–H and O–H groups in total. The van der Waals surface area contributed by atoms with Crippen LogP contribution in [-0.2, 0) is 4.79 Å². The van der Waals surface area contributed by atoms with Crippen LogP contribution >= 0.6 is 0 Å². The Balaban J connectivity index is 2.21. The highest BCUT2D eigenvalue weighted by Crippen LogP contribution is 2.20. The van der Waals surface area contributed by atoms with Crippen molar-refractivity contribution in [2.75, 3.05) is 11.9 Å². The lowest BCUT2D eigenvalue weighted by atomic mass is 10.1. The number of rotatable bonds is 2. The van der Waals surface area contributed by atoms with E-state index in [1.54, 1.807) is 12.1 Å². The fourth-order valence-corrected chi connectivity index (χ4v) is 1.86. The second-order valence-corrected chi connectivity index (χ2v) is 3.90. The minimum Gasteiger partial charge on any atom is -0.373 e. The first-order valence-corrected chi connectivity index (χ1v) is 5.45. The molecule has 0 aromatic heterocycles. The second kappa shape index (κ2) is 4.83. The molecule has 1 fully saturated rings. The third-order valence-electron chi connectivity index (χ3n) is 2.74. The number of carbonyl (C=O) groups is 1. The summed E-state index contributed by atoms with van der Waals surface area (Å²) < 4.78 is 13.3. The first kappa shape index (κ1) is 11.4. The molecular formula is C12H12FN3O. The summed E-state index contributed by atoms with van der Waals surface area (Å²) in [6.45, 7) is 0.672. The van der Waals surface area contributed by atoms with Crippen molar-refractivity contribution in [2.45, 2.75) is 18.9 Å². The molecule has 2 rings (SSSR count). The zero-order valence-corrected chi connectivity index (χ0v) is 9.16. The van der Waals surface area contributed by atoms with Gasteiger partial charge in [0.2, 0.25) is 5.91 Å². The highest BCUT2D eigenvalue weighted by atomic mass is 19.1. The van der Waals surface area contributed by atoms with Crippen LogP contribution in [-0.4, -0.2) is 18.5 Å². The van der Waals surface area contributed by atoms with E-state index < -0.39 is 11.9 Å². The molecule has 5 heteroatoms. The summed E-state index contributed by atoms with van der Waals surface area (Å²) in [5, 5.41) is 14.5. The molecule has 1 heterocycles. The number of nitrogens with zero attached hydrogens (tertiary/aromatic N) is 1. The number of carbonyl (C=O) groups excluding carboxylic acids is 1. The zero-order valence-electron chi connectivity index (χ0n) is 9.16. The van der Waals surface area contributed by atoms with Gasteiger partial charge in [-0.2, -0.15) is 5.26 Å². The van der Waals surface area contributed by atoms with E-state index in [-0.39, 0.29) is 11.5 Å². The van der Waals surface area contributed by atoms with Crippen molar-refractivity contribution in [3.8, 4) is 6.07 Å². The molecule has 0 saturated carbocycles. The molecule has 1 saturated heterocycles. The number of anilines is 1. The van der Waals surface area contributed by atoms with Crippen LogP contribution < -0.4 is 10.6 Å². The normalized spacial score (nSPS) is 19.3. The molecule has 1 aromatic carbocycles. The number of piperidine rings is 1. The number of nitrogens with one attached hydrogen (secondary N) is 2. The average molecular weight is 233 g/mol. The lowest BCUT2D eigenvalue weighted by molar-refractivity contribution is -0.123. The van der Waals surface area contributed by atoms with Crippen LogP contribution in [0.1, 0.15) is 18.4 Å². The molecule has 1 aromatic rings. The number of halogens is 1. The maximum Gasteiger partial charge on any atom is 0.242 e. The van der Waals surface area contributed by atoms with E-state index in [1.165, 1.54) is 12.1 Å². The van der Waals surface area contributed by atoms with Gasteiger partial charge in [0.1, 0.15) is 23.5 Å². The fourth-order valence-electron chi connectivity index (χ4n) is 1.86. The van der Waals surface area contributed by atoms with E-state index in [2.05, 4.69) is 10.6 Å². The molecule has 17 heavy (non-hydrogen) atoms. The topological polar surface area (TPSA) is 64.9 Å². The molecule has 1 amide bonds. The number of amides is 1. The van der Waals surface area contributed by atoms with Gasteiger partial charge < -0.3 is 10.6 Å². The van der Waals surface area contributed by atoms with Crippen LogP contribution in [0.3, 0.4) is 0 Å². The maximum atomic E-state index is 13.3. The molecule has 1 atom stereocenters. The van der Waals surface area contributed by atoms with Gasteiger partial charge in [-0.15, -0.1) is 0 Å². The monoisotopic (exact) mass is 233 g/mol. The van der Waals surface area contributed by atoms with Crippen molar-refractivity contribution in [2.24, 2.45) is 0 Å². The predicted molar refractivity (Wildman–Crippen MR) is 60.8 cm³/mol. The molecule has 0 aliphatic carbocycles. The summed E-state index contributed by atoms with van der Waals surface area (Å²) in [4.78, 5) is 11.5. The minimum absolute atomic E-state index is 0.0501. The number of nitriles is 1. The van der Waals surface area contributed by atoms with Gasteiger partial charge in [-0.3, -0.25) is 4.79 Å². The highest BCUT2D eigenvalue weighted by molar-refractivity contribution is 5.85. The van der Waals surface area contributed by atoms with Crippen molar-refractivity contribution < 1.29 is 9.18 Å². The standard InChI is InChI=1S/C12H12FN3O/c13-9-3-1-4-10(8(9)7-14)16-11-5-2-6-15-12(11)17/h1,3-4,11,16H,2,5-6H2,(H,15,17). The molecular weight excluding hydrogens is 221 g/mol. The molecule has 0 radical (unpaired) electrons. The van der Waals surface area contributed by atoms with Crippen LogP contribution in [0.2, 0.25) is 0 Å². The van der Waals surface area contributed by atoms with Crippen molar-refractivity contribution in [1.29, 1.82) is 5.26 Å². The Kier molecular flexibility index (Phi) is 3.24. The van der Waals surface area contributed by atoms with E-state index in [0.29, 0.717) is 18.7 Å². The smallest absolute Gasteiger partial charge is 0.242 e. The van der Waals surface area contributed by atoms with Crippen LogP contribution in [0.15, 0.2) is 18.2 Å². The molecule has 88 valence electrons. The number of hydrogen-bond donors (Lipinski definition) is 2. The van der Waals surface area contributed by atoms with Gasteiger partial charge in [-0.05, 0) is 25.0 Å². The summed E-state index contributed by atoms with van der Waals surface area (Å²) >= 11 is 0. The Morgan fingerprint density at radius 1 is 1.53 bits per heavy atom. The minimum atomic E-state index is -0.575. The lowest BCUT2D eigenvalue weighted by Gasteiger charge is -2.24. The van der Waals surface area contributed by atoms with Gasteiger partial charge in [-0.1, -0.05) is 6.07 Å². The van der Waals surface area contributed by atoms with Gasteiger partial charge in [0.05, 0.1) is 5.69 Å². The summed E-state index contributed by atoms with van der Waals surface area (Å²) in [6, 6.07) is 5.75. The van der Waals surface area contributed by atoms with Crippen molar-refractivity contribution in [1.82, 2.24) is 5.32 Å². The number of benzene rings is 1. The third kappa shape index (κ3) is 2.36. The first-order chi connectivity index (χ1) is 8.22. The van der Waals surface area contributed by atoms with E-state index in [4.69, 9.17) is 5.26 Å². The molecule has 0 bridgehead atoms. The summed E-state index contributed by atoms with van der Waals surface area (Å²) in [7, 11) is 0. The Labute approximate surface area is 98.4 Å². The van der Waals surface area contributed by atoms with E-state index >= 15 is 0 Å². The number of hydrogen-bond acceptors (Lipinski definition) is 3. The molecule has 1 unspecified atom stereocenters. The van der Waals surface area contributed by atoms with Crippen LogP contribution in [0, 0.1) is 17.1 Å². The molecule has 1 aliphatic heterocycles. The van der Waals surface area contributed by atoms with E-state index in [0.717, 1.165) is 6.42 Å². The van der Waals surface area contributed by atoms with Gasteiger partial charge in [0, 0.05) is 6.54 Å². The summed E-state index contributed by atoms with van der Waals surface area (Å²) in [5.74, 6) is -0.682. The van der Waals surface area contributed by atoms with Crippen molar-refractivity contribution in [3.05, 3.63) is 29.6 Å². The SMILES string of the molecule is N#Cc1c(F)cccc1NC1CCCNC1=O. The van der Waals surface area contributed by atoms with E-state index in [9.17, 15) is 9.18 Å². The Morgan fingerprint density at radius 2 is 2.35 bits per heavy atom. The molecule has 4 nitrogen and oxygen atoms in total. The summed E-state index contributed by atoms with van der Waals surface area (Å²) in [5.41, 5.74) is 0.320. The maximum absolute atomic E-state index is 13.3. The molecule has 0 spiro atoms. The van der Waals surface area contributed by atoms with Crippen LogP contribution in [0.4, 0.5) is 10.1 Å². The first-order valence-electron chi connectivity index (χ1n) is 5.45. The highest BCUT2D eigenvalue weighted by Gasteiger charge is 2.22. The Hall–Kier alpha value is -2.09. The van der Waals surface area contributed by atoms with Gasteiger partial charge in [-0.25, -0.2) is 4.39 Å². The van der Waals surface area contributed by atoms with Gasteiger partial charge in [0.25, 0.3) is 0 Å². The molecule has 1 aliphatic rings. The van der Waals surface area contributed by atoms with Crippen molar-refractivity contribution >= 4 is 11.6 Å². The van der Waals surface area contributed by atoms with E-state index in [1.807, 2.05) is 0 Å². The second-order valence-electron chi connectivity index (χ2n) is 3.90. The van der Waals surface area contributed by atoms with Gasteiger partial charge in [0.15, 0.2) is 0 Å². The predicted octanol–water partition coefficient (Wildman–Crippen LogP) is 1.39. The largest absolute Gasteiger partial charge is 0.373 e. The average Bonchev–Trinajstić information content (AvgIpc) is 2.32. The Bertz CT molecular complexity index is 481. The van der Waals surface area contributed by atoms with Crippen LogP contribution in [0.5, 0.6) is 0 Å². The summed E-state index contributed by atoms with van der Waals surface area (Å²) in [6.07, 6.45) is 1.56. The fraction of sp³-hybridized carbons (Fsp3) is 0.333. The van der Waals surface area contributed by atoms with Gasteiger partial charge >= 0.3 is 0 Å².